The lowest BCUT2D eigenvalue weighted by Gasteiger charge is -2.24. The Morgan fingerprint density at radius 2 is 2.41 bits per heavy atom. The molecule has 2 rings (SSSR count). The van der Waals surface area contributed by atoms with E-state index in [0.29, 0.717) is 6.61 Å². The smallest absolute Gasteiger partial charge is 0.327 e. The zero-order valence-corrected chi connectivity index (χ0v) is 13.7. The number of rotatable bonds is 5. The molecule has 1 unspecified atom stereocenters. The number of aromatic nitrogens is 2. The van der Waals surface area contributed by atoms with E-state index in [1.54, 1.807) is 24.7 Å². The van der Waals surface area contributed by atoms with Gasteiger partial charge in [0.1, 0.15) is 6.54 Å². The fourth-order valence-corrected chi connectivity index (χ4v) is 3.28. The van der Waals surface area contributed by atoms with Crippen molar-refractivity contribution >= 4 is 28.9 Å². The molecule has 0 saturated carbocycles. The Morgan fingerprint density at radius 1 is 1.59 bits per heavy atom. The Kier molecular flexibility index (Phi) is 6.21. The summed E-state index contributed by atoms with van der Waals surface area (Å²) in [5, 5.41) is 7.84. The Hall–Kier alpha value is -1.60. The maximum Gasteiger partial charge on any atom is 0.327 e. The Labute approximate surface area is 134 Å². The van der Waals surface area contributed by atoms with E-state index in [9.17, 15) is 9.59 Å². The Balaban J connectivity index is 2.05. The van der Waals surface area contributed by atoms with E-state index < -0.39 is 0 Å². The van der Waals surface area contributed by atoms with Crippen molar-refractivity contribution in [2.24, 2.45) is 0 Å². The summed E-state index contributed by atoms with van der Waals surface area (Å²) in [4.78, 5) is 22.8. The van der Waals surface area contributed by atoms with Crippen LogP contribution in [0.2, 0.25) is 0 Å². The summed E-state index contributed by atoms with van der Waals surface area (Å²) in [5.74, 6) is -0.297. The third kappa shape index (κ3) is 4.99. The van der Waals surface area contributed by atoms with Crippen LogP contribution in [0.1, 0.15) is 25.8 Å². The van der Waals surface area contributed by atoms with Crippen LogP contribution in [0.25, 0.3) is 6.08 Å². The van der Waals surface area contributed by atoms with Gasteiger partial charge in [-0.05, 0) is 25.5 Å². The lowest BCUT2D eigenvalue weighted by atomic mass is 10.0. The molecule has 22 heavy (non-hydrogen) atoms. The van der Waals surface area contributed by atoms with Crippen molar-refractivity contribution in [1.29, 1.82) is 0 Å². The number of thioether (sulfide) groups is 1. The minimum atomic E-state index is -0.297. The van der Waals surface area contributed by atoms with E-state index in [0.717, 1.165) is 25.1 Å². The van der Waals surface area contributed by atoms with E-state index in [-0.39, 0.29) is 22.9 Å². The fourth-order valence-electron chi connectivity index (χ4n) is 2.34. The summed E-state index contributed by atoms with van der Waals surface area (Å²) in [6.07, 6.45) is 6.51. The summed E-state index contributed by atoms with van der Waals surface area (Å²) in [6.45, 7) is 5.55. The summed E-state index contributed by atoms with van der Waals surface area (Å²) in [6, 6.07) is 0. The highest BCUT2D eigenvalue weighted by Crippen LogP contribution is 2.26. The number of nitrogens with one attached hydrogen (secondary N) is 1. The highest BCUT2D eigenvalue weighted by atomic mass is 32.2. The van der Waals surface area contributed by atoms with E-state index in [1.165, 1.54) is 17.3 Å². The van der Waals surface area contributed by atoms with Gasteiger partial charge in [-0.3, -0.25) is 14.3 Å². The van der Waals surface area contributed by atoms with E-state index >= 15 is 0 Å². The molecular formula is C15H21N3O3S. The Morgan fingerprint density at radius 3 is 3.14 bits per heavy atom. The van der Waals surface area contributed by atoms with E-state index in [4.69, 9.17) is 4.74 Å². The van der Waals surface area contributed by atoms with Gasteiger partial charge in [-0.1, -0.05) is 17.8 Å². The van der Waals surface area contributed by atoms with Crippen molar-refractivity contribution < 1.29 is 14.3 Å². The van der Waals surface area contributed by atoms with Crippen LogP contribution < -0.4 is 5.32 Å². The molecule has 7 heteroatoms. The van der Waals surface area contributed by atoms with Crippen molar-refractivity contribution in [2.75, 3.05) is 19.7 Å². The Bertz CT molecular complexity index is 568. The van der Waals surface area contributed by atoms with E-state index in [1.807, 2.05) is 12.3 Å². The van der Waals surface area contributed by atoms with Crippen LogP contribution >= 0.6 is 11.8 Å². The average molecular weight is 323 g/mol. The SMILES string of the molecule is CCOC(=O)Cn1cc(/C=C2/CNCCC2SC(C)=O)cn1. The summed E-state index contributed by atoms with van der Waals surface area (Å²) >= 11 is 1.38. The van der Waals surface area contributed by atoms with Gasteiger partial charge in [-0.15, -0.1) is 0 Å². The molecule has 0 radical (unpaired) electrons. The quantitative estimate of drug-likeness (QED) is 0.827. The molecule has 1 atom stereocenters. The first-order chi connectivity index (χ1) is 10.6. The molecule has 1 fully saturated rings. The number of carbonyl (C=O) groups is 2. The third-order valence-electron chi connectivity index (χ3n) is 3.24. The summed E-state index contributed by atoms with van der Waals surface area (Å²) in [7, 11) is 0. The van der Waals surface area contributed by atoms with Crippen molar-refractivity contribution in [3.8, 4) is 0 Å². The summed E-state index contributed by atoms with van der Waals surface area (Å²) in [5.41, 5.74) is 2.11. The van der Waals surface area contributed by atoms with Gasteiger partial charge < -0.3 is 10.1 Å². The second kappa shape index (κ2) is 8.14. The second-order valence-corrected chi connectivity index (χ2v) is 6.44. The van der Waals surface area contributed by atoms with Gasteiger partial charge in [-0.2, -0.15) is 5.10 Å². The van der Waals surface area contributed by atoms with Crippen molar-refractivity contribution in [3.05, 3.63) is 23.5 Å². The third-order valence-corrected chi connectivity index (χ3v) is 4.39. The lowest BCUT2D eigenvalue weighted by molar-refractivity contribution is -0.144. The van der Waals surface area contributed by atoms with Gasteiger partial charge in [-0.25, -0.2) is 0 Å². The predicted molar refractivity (Wildman–Crippen MR) is 86.4 cm³/mol. The van der Waals surface area contributed by atoms with Gasteiger partial charge in [0.05, 0.1) is 12.8 Å². The molecule has 0 aromatic carbocycles. The van der Waals surface area contributed by atoms with E-state index in [2.05, 4.69) is 10.4 Å². The molecule has 1 aromatic heterocycles. The molecule has 0 spiro atoms. The standard InChI is InChI=1S/C15H21N3O3S/c1-3-21-15(20)10-18-9-12(7-17-18)6-13-8-16-5-4-14(13)22-11(2)19/h6-7,9,14,16H,3-5,8,10H2,1-2H3/b13-6-. The number of ether oxygens (including phenoxy) is 1. The minimum Gasteiger partial charge on any atom is -0.465 e. The molecule has 1 aliphatic heterocycles. The van der Waals surface area contributed by atoms with Crippen LogP contribution in [0.15, 0.2) is 18.0 Å². The van der Waals surface area contributed by atoms with Crippen molar-refractivity contribution in [2.45, 2.75) is 32.1 Å². The number of hydrogen-bond donors (Lipinski definition) is 1. The van der Waals surface area contributed by atoms with Gasteiger partial charge in [0.2, 0.25) is 0 Å². The monoisotopic (exact) mass is 323 g/mol. The molecular weight excluding hydrogens is 302 g/mol. The first-order valence-electron chi connectivity index (χ1n) is 7.35. The summed E-state index contributed by atoms with van der Waals surface area (Å²) < 4.78 is 6.46. The largest absolute Gasteiger partial charge is 0.465 e. The van der Waals surface area contributed by atoms with Gasteiger partial charge in [0.15, 0.2) is 5.12 Å². The molecule has 120 valence electrons. The molecule has 1 aliphatic rings. The van der Waals surface area contributed by atoms with Crippen LogP contribution in [0.3, 0.4) is 0 Å². The number of esters is 1. The molecule has 1 saturated heterocycles. The number of carbonyl (C=O) groups excluding carboxylic acids is 2. The fraction of sp³-hybridized carbons (Fsp3) is 0.533. The van der Waals surface area contributed by atoms with Crippen LogP contribution in [0.5, 0.6) is 0 Å². The number of piperidine rings is 1. The zero-order valence-electron chi connectivity index (χ0n) is 12.9. The predicted octanol–water partition coefficient (Wildman–Crippen LogP) is 1.47. The molecule has 0 amide bonds. The number of hydrogen-bond acceptors (Lipinski definition) is 6. The van der Waals surface area contributed by atoms with Crippen LogP contribution in [0, 0.1) is 0 Å². The highest BCUT2D eigenvalue weighted by Gasteiger charge is 2.20. The second-order valence-electron chi connectivity index (χ2n) is 5.06. The topological polar surface area (TPSA) is 73.2 Å². The molecule has 0 bridgehead atoms. The molecule has 0 aliphatic carbocycles. The molecule has 1 aromatic rings. The molecule has 2 heterocycles. The van der Waals surface area contributed by atoms with Gasteiger partial charge >= 0.3 is 5.97 Å². The first kappa shape index (κ1) is 16.8. The normalized spacial score (nSPS) is 20.1. The first-order valence-corrected chi connectivity index (χ1v) is 8.23. The van der Waals surface area contributed by atoms with Gasteiger partial charge in [0.25, 0.3) is 0 Å². The minimum absolute atomic E-state index is 0.112. The lowest BCUT2D eigenvalue weighted by Crippen LogP contribution is -2.32. The van der Waals surface area contributed by atoms with Gasteiger partial charge in [0, 0.05) is 30.5 Å². The van der Waals surface area contributed by atoms with Crippen molar-refractivity contribution in [1.82, 2.24) is 15.1 Å². The van der Waals surface area contributed by atoms with Crippen LogP contribution in [-0.4, -0.2) is 45.8 Å². The molecule has 1 N–H and O–H groups in total. The maximum atomic E-state index is 11.4. The average Bonchev–Trinajstić information content (AvgIpc) is 2.88. The maximum absolute atomic E-state index is 11.4. The van der Waals surface area contributed by atoms with Crippen LogP contribution in [0.4, 0.5) is 0 Å². The zero-order chi connectivity index (χ0) is 15.9. The van der Waals surface area contributed by atoms with Crippen LogP contribution in [-0.2, 0) is 20.9 Å². The highest BCUT2D eigenvalue weighted by molar-refractivity contribution is 8.14. The van der Waals surface area contributed by atoms with Crippen molar-refractivity contribution in [3.63, 3.8) is 0 Å². The number of nitrogens with zero attached hydrogens (tertiary/aromatic N) is 2. The molecule has 6 nitrogen and oxygen atoms in total.